The summed E-state index contributed by atoms with van der Waals surface area (Å²) in [6.45, 7) is 8.46. The molecular formula is C14H19BrN4S. The summed E-state index contributed by atoms with van der Waals surface area (Å²) in [6, 6.07) is 0. The Morgan fingerprint density at radius 3 is 2.45 bits per heavy atom. The monoisotopic (exact) mass is 354 g/mol. The summed E-state index contributed by atoms with van der Waals surface area (Å²) < 4.78 is 0.936. The van der Waals surface area contributed by atoms with E-state index in [-0.39, 0.29) is 5.41 Å². The molecule has 2 aromatic heterocycles. The van der Waals surface area contributed by atoms with E-state index >= 15 is 0 Å². The highest BCUT2D eigenvalue weighted by molar-refractivity contribution is 9.10. The zero-order valence-corrected chi connectivity index (χ0v) is 14.8. The molecule has 2 heterocycles. The van der Waals surface area contributed by atoms with E-state index in [1.165, 1.54) is 0 Å². The topological polar surface area (TPSA) is 50.7 Å². The van der Waals surface area contributed by atoms with Gasteiger partial charge >= 0.3 is 0 Å². The number of rotatable bonds is 3. The van der Waals surface area contributed by atoms with Crippen LogP contribution in [0.3, 0.4) is 0 Å². The lowest BCUT2D eigenvalue weighted by Gasteiger charge is -2.21. The van der Waals surface area contributed by atoms with Crippen LogP contribution in [0.2, 0.25) is 0 Å². The quantitative estimate of drug-likeness (QED) is 0.906. The number of anilines is 1. The Labute approximate surface area is 132 Å². The van der Waals surface area contributed by atoms with Crippen LogP contribution >= 0.6 is 27.3 Å². The van der Waals surface area contributed by atoms with Crippen molar-refractivity contribution in [2.75, 3.05) is 12.4 Å². The maximum absolute atomic E-state index is 4.72. The van der Waals surface area contributed by atoms with Gasteiger partial charge in [0.25, 0.3) is 0 Å². The molecular weight excluding hydrogens is 336 g/mol. The van der Waals surface area contributed by atoms with Crippen molar-refractivity contribution in [2.24, 2.45) is 0 Å². The second kappa shape index (κ2) is 5.77. The molecule has 0 aliphatic rings. The summed E-state index contributed by atoms with van der Waals surface area (Å²) >= 11 is 5.25. The predicted octanol–water partition coefficient (Wildman–Crippen LogP) is 3.93. The Balaban J connectivity index is 2.43. The lowest BCUT2D eigenvalue weighted by atomic mass is 9.92. The standard InChI is InChI=1S/C14H19BrN4S/c1-8-17-9(7-20-8)6-10-18-12(14(2,3)4)11(15)13(16-5)19-10/h7H,6H2,1-5H3,(H,16,18,19). The first kappa shape index (κ1) is 15.4. The third-order valence-corrected chi connectivity index (χ3v) is 4.42. The molecule has 1 N–H and O–H groups in total. The number of hydrogen-bond donors (Lipinski definition) is 1. The molecule has 0 bridgehead atoms. The average Bonchev–Trinajstić information content (AvgIpc) is 2.75. The minimum atomic E-state index is -0.0416. The molecule has 2 rings (SSSR count). The van der Waals surface area contributed by atoms with Gasteiger partial charge in [0.05, 0.1) is 27.3 Å². The minimum absolute atomic E-state index is 0.0416. The van der Waals surface area contributed by atoms with E-state index in [4.69, 9.17) is 4.98 Å². The Hall–Kier alpha value is -1.01. The normalized spacial score (nSPS) is 11.7. The third kappa shape index (κ3) is 3.35. The van der Waals surface area contributed by atoms with Gasteiger partial charge in [0.1, 0.15) is 11.6 Å². The van der Waals surface area contributed by atoms with E-state index in [2.05, 4.69) is 57.4 Å². The predicted molar refractivity (Wildman–Crippen MR) is 87.6 cm³/mol. The van der Waals surface area contributed by atoms with Crippen molar-refractivity contribution >= 4 is 33.1 Å². The van der Waals surface area contributed by atoms with E-state index < -0.39 is 0 Å². The van der Waals surface area contributed by atoms with Gasteiger partial charge < -0.3 is 5.32 Å². The van der Waals surface area contributed by atoms with E-state index in [9.17, 15) is 0 Å². The molecule has 0 radical (unpaired) electrons. The maximum atomic E-state index is 4.72. The van der Waals surface area contributed by atoms with Crippen LogP contribution in [0.25, 0.3) is 0 Å². The van der Waals surface area contributed by atoms with Crippen LogP contribution in [0.1, 0.15) is 43.0 Å². The summed E-state index contributed by atoms with van der Waals surface area (Å²) in [5.41, 5.74) is 2.00. The van der Waals surface area contributed by atoms with Gasteiger partial charge in [-0.05, 0) is 22.9 Å². The second-order valence-corrected chi connectivity index (χ2v) is 7.54. The molecule has 0 spiro atoms. The molecule has 0 saturated heterocycles. The molecule has 20 heavy (non-hydrogen) atoms. The Morgan fingerprint density at radius 1 is 1.25 bits per heavy atom. The maximum Gasteiger partial charge on any atom is 0.144 e. The Kier molecular flexibility index (Phi) is 4.44. The van der Waals surface area contributed by atoms with Gasteiger partial charge in [-0.1, -0.05) is 20.8 Å². The highest BCUT2D eigenvalue weighted by atomic mass is 79.9. The van der Waals surface area contributed by atoms with Crippen molar-refractivity contribution in [2.45, 2.75) is 39.5 Å². The number of aryl methyl sites for hydroxylation is 1. The smallest absolute Gasteiger partial charge is 0.144 e. The average molecular weight is 355 g/mol. The number of hydrogen-bond acceptors (Lipinski definition) is 5. The summed E-state index contributed by atoms with van der Waals surface area (Å²) in [5, 5.41) is 6.26. The van der Waals surface area contributed by atoms with E-state index in [0.29, 0.717) is 6.42 Å². The molecule has 0 aliphatic carbocycles. The van der Waals surface area contributed by atoms with E-state index in [1.54, 1.807) is 11.3 Å². The van der Waals surface area contributed by atoms with Crippen LogP contribution in [-0.2, 0) is 11.8 Å². The first-order valence-corrected chi connectivity index (χ1v) is 8.14. The molecule has 0 amide bonds. The van der Waals surface area contributed by atoms with Crippen LogP contribution < -0.4 is 5.32 Å². The van der Waals surface area contributed by atoms with Gasteiger partial charge in [-0.3, -0.25) is 0 Å². The lowest BCUT2D eigenvalue weighted by Crippen LogP contribution is -2.18. The van der Waals surface area contributed by atoms with Crippen molar-refractivity contribution in [3.63, 3.8) is 0 Å². The second-order valence-electron chi connectivity index (χ2n) is 5.69. The number of halogens is 1. The van der Waals surface area contributed by atoms with Crippen molar-refractivity contribution in [1.29, 1.82) is 0 Å². The largest absolute Gasteiger partial charge is 0.372 e. The molecule has 0 atom stereocenters. The SMILES string of the molecule is CNc1nc(Cc2csc(C)n2)nc(C(C)(C)C)c1Br. The van der Waals surface area contributed by atoms with Crippen LogP contribution in [-0.4, -0.2) is 22.0 Å². The molecule has 0 unspecified atom stereocenters. The molecule has 6 heteroatoms. The summed E-state index contributed by atoms with van der Waals surface area (Å²) in [6.07, 6.45) is 0.662. The summed E-state index contributed by atoms with van der Waals surface area (Å²) in [4.78, 5) is 13.8. The summed E-state index contributed by atoms with van der Waals surface area (Å²) in [5.74, 6) is 1.62. The first-order chi connectivity index (χ1) is 9.31. The van der Waals surface area contributed by atoms with E-state index in [1.807, 2.05) is 14.0 Å². The highest BCUT2D eigenvalue weighted by Gasteiger charge is 2.23. The Bertz CT molecular complexity index is 616. The van der Waals surface area contributed by atoms with Gasteiger partial charge in [-0.2, -0.15) is 0 Å². The van der Waals surface area contributed by atoms with Crippen LogP contribution in [0.15, 0.2) is 9.85 Å². The van der Waals surface area contributed by atoms with Crippen molar-refractivity contribution in [3.05, 3.63) is 32.1 Å². The summed E-state index contributed by atoms with van der Waals surface area (Å²) in [7, 11) is 1.87. The van der Waals surface area contributed by atoms with Crippen LogP contribution in [0, 0.1) is 6.92 Å². The van der Waals surface area contributed by atoms with Gasteiger partial charge in [-0.15, -0.1) is 11.3 Å². The number of aromatic nitrogens is 3. The molecule has 0 aliphatic heterocycles. The fraction of sp³-hybridized carbons (Fsp3) is 0.500. The number of thiazole rings is 1. The van der Waals surface area contributed by atoms with Crippen molar-refractivity contribution in [1.82, 2.24) is 15.0 Å². The first-order valence-electron chi connectivity index (χ1n) is 6.47. The number of nitrogens with one attached hydrogen (secondary N) is 1. The molecule has 108 valence electrons. The van der Waals surface area contributed by atoms with Crippen LogP contribution in [0.4, 0.5) is 5.82 Å². The molecule has 4 nitrogen and oxygen atoms in total. The molecule has 2 aromatic rings. The Morgan fingerprint density at radius 2 is 1.95 bits per heavy atom. The fourth-order valence-electron chi connectivity index (χ4n) is 1.89. The van der Waals surface area contributed by atoms with Gasteiger partial charge in [0, 0.05) is 17.8 Å². The van der Waals surface area contributed by atoms with Gasteiger partial charge in [-0.25, -0.2) is 15.0 Å². The van der Waals surface area contributed by atoms with Crippen LogP contribution in [0.5, 0.6) is 0 Å². The van der Waals surface area contributed by atoms with Crippen molar-refractivity contribution < 1.29 is 0 Å². The zero-order valence-electron chi connectivity index (χ0n) is 12.4. The van der Waals surface area contributed by atoms with Gasteiger partial charge in [0.15, 0.2) is 0 Å². The third-order valence-electron chi connectivity index (χ3n) is 2.85. The molecule has 0 fully saturated rings. The minimum Gasteiger partial charge on any atom is -0.372 e. The van der Waals surface area contributed by atoms with E-state index in [0.717, 1.165) is 32.5 Å². The molecule has 0 saturated carbocycles. The van der Waals surface area contributed by atoms with Crippen molar-refractivity contribution in [3.8, 4) is 0 Å². The zero-order chi connectivity index (χ0) is 14.9. The lowest BCUT2D eigenvalue weighted by molar-refractivity contribution is 0.559. The number of nitrogens with zero attached hydrogens (tertiary/aromatic N) is 3. The highest BCUT2D eigenvalue weighted by Crippen LogP contribution is 2.32. The van der Waals surface area contributed by atoms with Gasteiger partial charge in [0.2, 0.25) is 0 Å². The fourth-order valence-corrected chi connectivity index (χ4v) is 3.47. The molecule has 0 aromatic carbocycles.